The summed E-state index contributed by atoms with van der Waals surface area (Å²) in [7, 11) is 1.82. The van der Waals surface area contributed by atoms with Gasteiger partial charge in [0.25, 0.3) is 0 Å². The van der Waals surface area contributed by atoms with Gasteiger partial charge in [0.2, 0.25) is 5.91 Å². The number of aromatic nitrogens is 5. The summed E-state index contributed by atoms with van der Waals surface area (Å²) in [6.07, 6.45) is 8.77. The number of piperidine rings is 1. The number of hydrogen-bond donors (Lipinski definition) is 1. The van der Waals surface area contributed by atoms with Gasteiger partial charge >= 0.3 is 0 Å². The van der Waals surface area contributed by atoms with E-state index >= 15 is 0 Å². The lowest BCUT2D eigenvalue weighted by Crippen LogP contribution is -2.44. The second-order valence-corrected chi connectivity index (χ2v) is 9.29. The van der Waals surface area contributed by atoms with Crippen molar-refractivity contribution in [2.24, 2.45) is 7.05 Å². The van der Waals surface area contributed by atoms with Crippen molar-refractivity contribution in [3.05, 3.63) is 72.8 Å². The van der Waals surface area contributed by atoms with Crippen LogP contribution in [-0.4, -0.2) is 48.1 Å². The normalized spacial score (nSPS) is 17.7. The van der Waals surface area contributed by atoms with E-state index in [1.165, 1.54) is 12.1 Å². The van der Waals surface area contributed by atoms with Crippen molar-refractivity contribution in [1.82, 2.24) is 29.6 Å². The van der Waals surface area contributed by atoms with E-state index in [1.807, 2.05) is 42.4 Å². The van der Waals surface area contributed by atoms with Gasteiger partial charge in [0.05, 0.1) is 11.9 Å². The number of likely N-dealkylation sites (tertiary alicyclic amines) is 1. The van der Waals surface area contributed by atoms with Gasteiger partial charge < -0.3 is 10.2 Å². The summed E-state index contributed by atoms with van der Waals surface area (Å²) in [6, 6.07) is 10.6. The molecule has 1 saturated heterocycles. The zero-order valence-electron chi connectivity index (χ0n) is 20.5. The lowest BCUT2D eigenvalue weighted by atomic mass is 9.92. The summed E-state index contributed by atoms with van der Waals surface area (Å²) >= 11 is 0. The molecule has 9 heteroatoms. The standard InChI is InChI=1S/C27H28FN7O/c1-17-6-7-20(16-35(17)18(2)36)27-32-25(19-5-4-8-29-13-19)12-26(33-27)31-24-10-21(9-23(28)11-24)22-14-30-34(3)15-22/h4-5,8-15,17,20H,6-7,16H2,1-3H3,(H,31,32,33)/t17-,20+/m0/s1. The van der Waals surface area contributed by atoms with E-state index in [-0.39, 0.29) is 23.7 Å². The topological polar surface area (TPSA) is 88.8 Å². The average Bonchev–Trinajstić information content (AvgIpc) is 3.30. The van der Waals surface area contributed by atoms with E-state index < -0.39 is 0 Å². The first-order valence-electron chi connectivity index (χ1n) is 12.0. The molecule has 1 aromatic carbocycles. The molecule has 1 aliphatic heterocycles. The average molecular weight is 486 g/mol. The van der Waals surface area contributed by atoms with Gasteiger partial charge in [0, 0.05) is 73.9 Å². The van der Waals surface area contributed by atoms with Gasteiger partial charge in [-0.1, -0.05) is 0 Å². The van der Waals surface area contributed by atoms with E-state index in [2.05, 4.69) is 22.3 Å². The number of nitrogens with zero attached hydrogens (tertiary/aromatic N) is 6. The first-order valence-corrected chi connectivity index (χ1v) is 12.0. The second-order valence-electron chi connectivity index (χ2n) is 9.29. The van der Waals surface area contributed by atoms with Crippen molar-refractivity contribution in [3.63, 3.8) is 0 Å². The van der Waals surface area contributed by atoms with Crippen LogP contribution in [0.15, 0.2) is 61.2 Å². The zero-order chi connectivity index (χ0) is 25.2. The maximum Gasteiger partial charge on any atom is 0.219 e. The number of hydrogen-bond acceptors (Lipinski definition) is 6. The largest absolute Gasteiger partial charge is 0.340 e. The Balaban J connectivity index is 1.52. The number of aryl methyl sites for hydroxylation is 1. The Kier molecular flexibility index (Phi) is 6.45. The predicted octanol–water partition coefficient (Wildman–Crippen LogP) is 4.94. The van der Waals surface area contributed by atoms with Crippen molar-refractivity contribution in [3.8, 4) is 22.4 Å². The summed E-state index contributed by atoms with van der Waals surface area (Å²) < 4.78 is 16.2. The molecule has 1 amide bonds. The van der Waals surface area contributed by atoms with Crippen LogP contribution in [0.2, 0.25) is 0 Å². The van der Waals surface area contributed by atoms with Crippen molar-refractivity contribution in [1.29, 1.82) is 0 Å². The molecule has 2 atom stereocenters. The molecule has 4 aromatic rings. The molecule has 8 nitrogen and oxygen atoms in total. The van der Waals surface area contributed by atoms with Crippen LogP contribution in [0.4, 0.5) is 15.9 Å². The van der Waals surface area contributed by atoms with Crippen LogP contribution in [0.5, 0.6) is 0 Å². The maximum atomic E-state index is 14.5. The molecule has 0 bridgehead atoms. The third-order valence-corrected chi connectivity index (χ3v) is 6.56. The fraction of sp³-hybridized carbons (Fsp3) is 0.296. The predicted molar refractivity (Wildman–Crippen MR) is 136 cm³/mol. The highest BCUT2D eigenvalue weighted by atomic mass is 19.1. The molecule has 36 heavy (non-hydrogen) atoms. The third-order valence-electron chi connectivity index (χ3n) is 6.56. The fourth-order valence-corrected chi connectivity index (χ4v) is 4.68. The molecule has 0 radical (unpaired) electrons. The summed E-state index contributed by atoms with van der Waals surface area (Å²) in [5.41, 5.74) is 3.67. The first-order chi connectivity index (χ1) is 17.4. The Morgan fingerprint density at radius 2 is 1.94 bits per heavy atom. The highest BCUT2D eigenvalue weighted by molar-refractivity contribution is 5.74. The Labute approximate surface area is 209 Å². The molecule has 4 heterocycles. The summed E-state index contributed by atoms with van der Waals surface area (Å²) in [4.78, 5) is 28.0. The van der Waals surface area contributed by atoms with Crippen molar-refractivity contribution in [2.45, 2.75) is 38.6 Å². The molecule has 0 spiro atoms. The van der Waals surface area contributed by atoms with Gasteiger partial charge in [0.15, 0.2) is 0 Å². The minimum absolute atomic E-state index is 0.000681. The highest BCUT2D eigenvalue weighted by Gasteiger charge is 2.30. The number of amides is 1. The zero-order valence-corrected chi connectivity index (χ0v) is 20.5. The number of halogens is 1. The molecular weight excluding hydrogens is 457 g/mol. The number of carbonyl (C=O) groups is 1. The number of nitrogens with one attached hydrogen (secondary N) is 1. The summed E-state index contributed by atoms with van der Waals surface area (Å²) in [6.45, 7) is 4.24. The minimum Gasteiger partial charge on any atom is -0.340 e. The Bertz CT molecular complexity index is 1390. The second kappa shape index (κ2) is 9.85. The van der Waals surface area contributed by atoms with Crippen molar-refractivity contribution >= 4 is 17.4 Å². The molecule has 1 aliphatic rings. The van der Waals surface area contributed by atoms with Crippen LogP contribution in [0.1, 0.15) is 38.4 Å². The Hall–Kier alpha value is -4.14. The van der Waals surface area contributed by atoms with Gasteiger partial charge in [-0.3, -0.25) is 14.5 Å². The number of anilines is 2. The number of benzene rings is 1. The molecule has 184 valence electrons. The Morgan fingerprint density at radius 1 is 1.08 bits per heavy atom. The van der Waals surface area contributed by atoms with Crippen LogP contribution in [0, 0.1) is 5.82 Å². The lowest BCUT2D eigenvalue weighted by Gasteiger charge is -2.37. The summed E-state index contributed by atoms with van der Waals surface area (Å²) in [5, 5.41) is 7.46. The van der Waals surface area contributed by atoms with Crippen molar-refractivity contribution in [2.75, 3.05) is 11.9 Å². The van der Waals surface area contributed by atoms with Gasteiger partial charge in [-0.05, 0) is 55.7 Å². The molecule has 0 unspecified atom stereocenters. The fourth-order valence-electron chi connectivity index (χ4n) is 4.68. The lowest BCUT2D eigenvalue weighted by molar-refractivity contribution is -0.132. The Morgan fingerprint density at radius 3 is 2.67 bits per heavy atom. The first kappa shape index (κ1) is 23.6. The molecule has 0 saturated carbocycles. The molecule has 3 aromatic heterocycles. The maximum absolute atomic E-state index is 14.5. The van der Waals surface area contributed by atoms with E-state index in [9.17, 15) is 9.18 Å². The number of pyridine rings is 1. The number of carbonyl (C=O) groups excluding carboxylic acids is 1. The van der Waals surface area contributed by atoms with Gasteiger partial charge in [-0.15, -0.1) is 0 Å². The van der Waals surface area contributed by atoms with Crippen LogP contribution >= 0.6 is 0 Å². The number of rotatable bonds is 5. The summed E-state index contributed by atoms with van der Waals surface area (Å²) in [5.74, 6) is 0.895. The van der Waals surface area contributed by atoms with Crippen LogP contribution in [0.3, 0.4) is 0 Å². The minimum atomic E-state index is -0.362. The van der Waals surface area contributed by atoms with Gasteiger partial charge in [-0.2, -0.15) is 5.10 Å². The van der Waals surface area contributed by atoms with Gasteiger partial charge in [-0.25, -0.2) is 14.4 Å². The van der Waals surface area contributed by atoms with Gasteiger partial charge in [0.1, 0.15) is 17.5 Å². The van der Waals surface area contributed by atoms with Crippen LogP contribution in [-0.2, 0) is 11.8 Å². The molecule has 0 aliphatic carbocycles. The smallest absolute Gasteiger partial charge is 0.219 e. The quantitative estimate of drug-likeness (QED) is 0.431. The van der Waals surface area contributed by atoms with Crippen LogP contribution in [0.25, 0.3) is 22.4 Å². The SMILES string of the molecule is CC(=O)N1C[C@H](c2nc(Nc3cc(F)cc(-c4cnn(C)c4)c3)cc(-c3cccnc3)n2)CC[C@@H]1C. The van der Waals surface area contributed by atoms with E-state index in [0.29, 0.717) is 35.1 Å². The highest BCUT2D eigenvalue weighted by Crippen LogP contribution is 2.32. The van der Waals surface area contributed by atoms with E-state index in [4.69, 9.17) is 9.97 Å². The molecule has 1 N–H and O–H groups in total. The van der Waals surface area contributed by atoms with Crippen molar-refractivity contribution < 1.29 is 9.18 Å². The molecular formula is C27H28FN7O. The third kappa shape index (κ3) is 5.10. The van der Waals surface area contributed by atoms with E-state index in [1.54, 1.807) is 30.2 Å². The van der Waals surface area contributed by atoms with E-state index in [0.717, 1.165) is 24.0 Å². The van der Waals surface area contributed by atoms with Crippen LogP contribution < -0.4 is 5.32 Å². The molecule has 1 fully saturated rings. The monoisotopic (exact) mass is 485 g/mol. The molecule has 5 rings (SSSR count).